The van der Waals surface area contributed by atoms with Crippen molar-refractivity contribution in [2.45, 2.75) is 82.4 Å². The minimum atomic E-state index is -0.855. The minimum absolute atomic E-state index is 0.00583. The van der Waals surface area contributed by atoms with E-state index in [0.29, 0.717) is 24.8 Å². The number of hydrogen-bond acceptors (Lipinski definition) is 5. The van der Waals surface area contributed by atoms with Crippen LogP contribution in [-0.2, 0) is 14.3 Å². The lowest BCUT2D eigenvalue weighted by Gasteiger charge is -2.28. The fourth-order valence-electron chi connectivity index (χ4n) is 4.12. The Bertz CT molecular complexity index is 581. The number of carbonyl (C=O) groups is 1. The number of epoxide rings is 1. The van der Waals surface area contributed by atoms with Crippen LogP contribution < -0.4 is 0 Å². The molecule has 5 heteroatoms. The first kappa shape index (κ1) is 18.6. The maximum absolute atomic E-state index is 12.0. The Balaban J connectivity index is 1.82. The molecule has 3 aliphatic rings. The van der Waals surface area contributed by atoms with Crippen molar-refractivity contribution in [2.24, 2.45) is 11.8 Å². The van der Waals surface area contributed by atoms with Crippen molar-refractivity contribution in [3.8, 4) is 0 Å². The molecule has 0 aromatic carbocycles. The SMILES string of the molecule is C=C1C(=O)O[C@H]2[C@H](O)[C@@H](C)CCC[C@](C)(O)/C=C\C[C@@]3(C)O[C@@H]3C[C@@H]12. The van der Waals surface area contributed by atoms with E-state index < -0.39 is 23.8 Å². The number of esters is 1. The molecular weight excluding hydrogens is 320 g/mol. The Morgan fingerprint density at radius 1 is 1.36 bits per heavy atom. The van der Waals surface area contributed by atoms with Gasteiger partial charge in [-0.25, -0.2) is 4.79 Å². The fraction of sp³-hybridized carbons (Fsp3) is 0.750. The van der Waals surface area contributed by atoms with Gasteiger partial charge in [0.1, 0.15) is 6.10 Å². The van der Waals surface area contributed by atoms with E-state index in [1.165, 1.54) is 0 Å². The third-order valence-electron chi connectivity index (χ3n) is 6.11. The van der Waals surface area contributed by atoms with Gasteiger partial charge in [-0.15, -0.1) is 0 Å². The fourth-order valence-corrected chi connectivity index (χ4v) is 4.12. The molecule has 5 nitrogen and oxygen atoms in total. The zero-order valence-electron chi connectivity index (χ0n) is 15.4. The van der Waals surface area contributed by atoms with Crippen molar-refractivity contribution in [3.63, 3.8) is 0 Å². The van der Waals surface area contributed by atoms with Gasteiger partial charge in [-0.05, 0) is 51.9 Å². The van der Waals surface area contributed by atoms with Crippen LogP contribution in [0.4, 0.5) is 0 Å². The molecule has 7 atom stereocenters. The molecule has 0 amide bonds. The molecule has 2 saturated heterocycles. The molecule has 0 radical (unpaired) electrons. The molecule has 25 heavy (non-hydrogen) atoms. The van der Waals surface area contributed by atoms with E-state index in [2.05, 4.69) is 6.58 Å². The van der Waals surface area contributed by atoms with Crippen LogP contribution in [0.5, 0.6) is 0 Å². The number of hydrogen-bond donors (Lipinski definition) is 2. The summed E-state index contributed by atoms with van der Waals surface area (Å²) < 4.78 is 11.3. The van der Waals surface area contributed by atoms with Gasteiger partial charge in [0.05, 0.1) is 23.4 Å². The first-order valence-corrected chi connectivity index (χ1v) is 9.29. The highest BCUT2D eigenvalue weighted by Gasteiger charge is 2.55. The second kappa shape index (κ2) is 6.53. The van der Waals surface area contributed by atoms with Crippen molar-refractivity contribution >= 4 is 5.97 Å². The minimum Gasteiger partial charge on any atom is -0.456 e. The highest BCUT2D eigenvalue weighted by Crippen LogP contribution is 2.47. The summed E-state index contributed by atoms with van der Waals surface area (Å²) in [6.45, 7) is 9.70. The highest BCUT2D eigenvalue weighted by atomic mass is 16.6. The predicted octanol–water partition coefficient (Wildman–Crippen LogP) is 2.51. The standard InChI is InChI=1S/C20H30O5/c1-12-7-5-8-19(3,23)9-6-10-20(4)15(25-20)11-14-13(2)18(22)24-17(14)16(12)21/h6,9,12,14-17,21,23H,2,5,7-8,10-11H2,1,3-4H3/b9-6-/t12-,14-,15+,16+,17+,19-,20+/m0/s1. The molecule has 140 valence electrons. The molecule has 0 aromatic heterocycles. The molecule has 2 aliphatic heterocycles. The predicted molar refractivity (Wildman–Crippen MR) is 93.8 cm³/mol. The molecule has 0 saturated carbocycles. The number of aliphatic hydroxyl groups excluding tert-OH is 1. The van der Waals surface area contributed by atoms with E-state index >= 15 is 0 Å². The Hall–Kier alpha value is -1.17. The average Bonchev–Trinajstić information content (AvgIpc) is 3.07. The summed E-state index contributed by atoms with van der Waals surface area (Å²) in [6, 6.07) is 0. The van der Waals surface area contributed by atoms with Crippen LogP contribution in [0.3, 0.4) is 0 Å². The number of fused-ring (bicyclic) bond motifs is 2. The second-order valence-corrected chi connectivity index (χ2v) is 8.48. The van der Waals surface area contributed by atoms with Crippen LogP contribution in [0.15, 0.2) is 24.3 Å². The summed E-state index contributed by atoms with van der Waals surface area (Å²) in [7, 11) is 0. The first-order valence-electron chi connectivity index (χ1n) is 9.29. The van der Waals surface area contributed by atoms with Crippen LogP contribution >= 0.6 is 0 Å². The van der Waals surface area contributed by atoms with Gasteiger partial charge in [0.15, 0.2) is 0 Å². The Morgan fingerprint density at radius 2 is 2.08 bits per heavy atom. The third-order valence-corrected chi connectivity index (χ3v) is 6.11. The van der Waals surface area contributed by atoms with Crippen molar-refractivity contribution in [1.82, 2.24) is 0 Å². The van der Waals surface area contributed by atoms with E-state index in [9.17, 15) is 15.0 Å². The smallest absolute Gasteiger partial charge is 0.334 e. The molecule has 2 fully saturated rings. The van der Waals surface area contributed by atoms with Crippen molar-refractivity contribution in [2.75, 3.05) is 0 Å². The van der Waals surface area contributed by atoms with E-state index in [4.69, 9.17) is 9.47 Å². The normalized spacial score (nSPS) is 49.6. The molecule has 0 unspecified atom stereocenters. The maximum atomic E-state index is 12.0. The van der Waals surface area contributed by atoms with E-state index in [0.717, 1.165) is 12.8 Å². The molecule has 2 N–H and O–H groups in total. The van der Waals surface area contributed by atoms with Gasteiger partial charge in [-0.1, -0.05) is 25.7 Å². The first-order chi connectivity index (χ1) is 11.6. The molecule has 0 bridgehead atoms. The van der Waals surface area contributed by atoms with Crippen LogP contribution in [0, 0.1) is 11.8 Å². The second-order valence-electron chi connectivity index (χ2n) is 8.48. The van der Waals surface area contributed by atoms with Gasteiger partial charge in [0, 0.05) is 11.5 Å². The van der Waals surface area contributed by atoms with Gasteiger partial charge < -0.3 is 19.7 Å². The third kappa shape index (κ3) is 3.83. The lowest BCUT2D eigenvalue weighted by Crippen LogP contribution is -2.37. The van der Waals surface area contributed by atoms with Crippen LogP contribution in [0.1, 0.15) is 52.9 Å². The Kier molecular flexibility index (Phi) is 4.86. The summed E-state index contributed by atoms with van der Waals surface area (Å²) in [6.07, 6.45) is 6.08. The van der Waals surface area contributed by atoms with E-state index in [1.807, 2.05) is 32.9 Å². The molecule has 0 spiro atoms. The lowest BCUT2D eigenvalue weighted by atomic mass is 9.81. The molecule has 1 aliphatic carbocycles. The van der Waals surface area contributed by atoms with Crippen molar-refractivity contribution in [3.05, 3.63) is 24.3 Å². The number of rotatable bonds is 0. The van der Waals surface area contributed by atoms with Crippen LogP contribution in [-0.4, -0.2) is 45.7 Å². The largest absolute Gasteiger partial charge is 0.456 e. The number of aliphatic hydroxyl groups is 2. The monoisotopic (exact) mass is 350 g/mol. The Morgan fingerprint density at radius 3 is 2.80 bits per heavy atom. The summed E-state index contributed by atoms with van der Waals surface area (Å²) in [4.78, 5) is 12.0. The summed E-state index contributed by atoms with van der Waals surface area (Å²) in [5, 5.41) is 21.2. The highest BCUT2D eigenvalue weighted by molar-refractivity contribution is 5.90. The summed E-state index contributed by atoms with van der Waals surface area (Å²) in [5.41, 5.74) is -0.699. The van der Waals surface area contributed by atoms with Gasteiger partial charge in [0.25, 0.3) is 0 Å². The zero-order chi connectivity index (χ0) is 18.4. The molecular formula is C20H30O5. The average molecular weight is 350 g/mol. The van der Waals surface area contributed by atoms with Gasteiger partial charge >= 0.3 is 5.97 Å². The van der Waals surface area contributed by atoms with Gasteiger partial charge in [-0.2, -0.15) is 0 Å². The van der Waals surface area contributed by atoms with Crippen LogP contribution in [0.25, 0.3) is 0 Å². The summed E-state index contributed by atoms with van der Waals surface area (Å²) in [5.74, 6) is -0.636. The van der Waals surface area contributed by atoms with E-state index in [1.54, 1.807) is 0 Å². The number of ether oxygens (including phenoxy) is 2. The Labute approximate surface area is 149 Å². The van der Waals surface area contributed by atoms with Gasteiger partial charge in [-0.3, -0.25) is 0 Å². The maximum Gasteiger partial charge on any atom is 0.334 e. The zero-order valence-corrected chi connectivity index (χ0v) is 15.4. The van der Waals surface area contributed by atoms with E-state index in [-0.39, 0.29) is 23.5 Å². The molecule has 3 rings (SSSR count). The topological polar surface area (TPSA) is 79.3 Å². The van der Waals surface area contributed by atoms with Crippen LogP contribution in [0.2, 0.25) is 0 Å². The van der Waals surface area contributed by atoms with Crippen molar-refractivity contribution in [1.29, 1.82) is 0 Å². The lowest BCUT2D eigenvalue weighted by molar-refractivity contribution is -0.146. The van der Waals surface area contributed by atoms with Crippen molar-refractivity contribution < 1.29 is 24.5 Å². The quantitative estimate of drug-likeness (QED) is 0.304. The summed E-state index contributed by atoms with van der Waals surface area (Å²) >= 11 is 0. The molecule has 2 heterocycles. The van der Waals surface area contributed by atoms with Gasteiger partial charge in [0.2, 0.25) is 0 Å². The molecule has 0 aromatic rings. The number of carbonyl (C=O) groups excluding carboxylic acids is 1.